The van der Waals surface area contributed by atoms with Gasteiger partial charge in [0.1, 0.15) is 0 Å². The summed E-state index contributed by atoms with van der Waals surface area (Å²) in [6, 6.07) is 9.05. The molecule has 2 rings (SSSR count). The van der Waals surface area contributed by atoms with Crippen molar-refractivity contribution in [2.45, 2.75) is 51.6 Å². The van der Waals surface area contributed by atoms with Crippen molar-refractivity contribution in [2.24, 2.45) is 0 Å². The second-order valence-corrected chi connectivity index (χ2v) is 5.55. The van der Waals surface area contributed by atoms with E-state index >= 15 is 0 Å². The van der Waals surface area contributed by atoms with Crippen molar-refractivity contribution in [3.05, 3.63) is 35.4 Å². The van der Waals surface area contributed by atoms with Crippen LogP contribution < -0.4 is 10.6 Å². The Kier molecular flexibility index (Phi) is 7.03. The van der Waals surface area contributed by atoms with Gasteiger partial charge in [-0.1, -0.05) is 29.8 Å². The Morgan fingerprint density at radius 2 is 2.25 bits per heavy atom. The zero-order valence-electron chi connectivity index (χ0n) is 12.3. The van der Waals surface area contributed by atoms with Crippen LogP contribution in [0.3, 0.4) is 0 Å². The third-order valence-corrected chi connectivity index (χ3v) is 3.83. The molecular weight excluding hydrogens is 272 g/mol. The molecule has 1 aromatic rings. The van der Waals surface area contributed by atoms with E-state index in [1.54, 1.807) is 0 Å². The van der Waals surface area contributed by atoms with Crippen LogP contribution in [0.4, 0.5) is 0 Å². The largest absolute Gasteiger partial charge is 0.352 e. The van der Waals surface area contributed by atoms with Crippen molar-refractivity contribution in [1.29, 1.82) is 0 Å². The van der Waals surface area contributed by atoms with Crippen molar-refractivity contribution < 1.29 is 4.79 Å². The topological polar surface area (TPSA) is 41.1 Å². The molecule has 1 fully saturated rings. The van der Waals surface area contributed by atoms with Gasteiger partial charge in [0.15, 0.2) is 0 Å². The zero-order valence-corrected chi connectivity index (χ0v) is 13.1. The maximum Gasteiger partial charge on any atom is 0.220 e. The molecule has 1 aliphatic rings. The molecule has 0 bridgehead atoms. The number of aryl methyl sites for hydroxylation is 2. The fourth-order valence-corrected chi connectivity index (χ4v) is 2.65. The Morgan fingerprint density at radius 1 is 1.45 bits per heavy atom. The van der Waals surface area contributed by atoms with Crippen molar-refractivity contribution >= 4 is 18.3 Å². The lowest BCUT2D eigenvalue weighted by atomic mass is 9.99. The predicted molar refractivity (Wildman–Crippen MR) is 85.4 cm³/mol. The first kappa shape index (κ1) is 17.0. The molecule has 2 unspecified atom stereocenters. The Hall–Kier alpha value is -1.06. The highest BCUT2D eigenvalue weighted by atomic mass is 35.5. The maximum absolute atomic E-state index is 12.0. The molecule has 0 radical (unpaired) electrons. The van der Waals surface area contributed by atoms with Crippen LogP contribution in [0.25, 0.3) is 0 Å². The van der Waals surface area contributed by atoms with Gasteiger partial charge >= 0.3 is 0 Å². The van der Waals surface area contributed by atoms with Crippen LogP contribution in [-0.2, 0) is 11.2 Å². The van der Waals surface area contributed by atoms with Gasteiger partial charge in [-0.3, -0.25) is 4.79 Å². The average molecular weight is 297 g/mol. The molecule has 1 aromatic carbocycles. The molecule has 0 spiro atoms. The summed E-state index contributed by atoms with van der Waals surface area (Å²) in [7, 11) is 0. The van der Waals surface area contributed by atoms with Crippen LogP contribution in [0, 0.1) is 6.92 Å². The van der Waals surface area contributed by atoms with E-state index in [4.69, 9.17) is 0 Å². The average Bonchev–Trinajstić information content (AvgIpc) is 2.39. The summed E-state index contributed by atoms with van der Waals surface area (Å²) in [4.78, 5) is 12.0. The number of rotatable bonds is 4. The summed E-state index contributed by atoms with van der Waals surface area (Å²) in [5.74, 6) is 0.169. The Bertz CT molecular complexity index is 436. The van der Waals surface area contributed by atoms with Crippen molar-refractivity contribution in [2.75, 3.05) is 6.54 Å². The minimum Gasteiger partial charge on any atom is -0.352 e. The molecule has 1 heterocycles. The highest BCUT2D eigenvalue weighted by Crippen LogP contribution is 2.10. The van der Waals surface area contributed by atoms with Crippen molar-refractivity contribution in [1.82, 2.24) is 10.6 Å². The third-order valence-electron chi connectivity index (χ3n) is 3.83. The molecule has 1 aliphatic heterocycles. The lowest BCUT2D eigenvalue weighted by Gasteiger charge is -2.30. The molecular formula is C16H25ClN2O. The Morgan fingerprint density at radius 3 is 2.95 bits per heavy atom. The fraction of sp³-hybridized carbons (Fsp3) is 0.562. The molecule has 20 heavy (non-hydrogen) atoms. The summed E-state index contributed by atoms with van der Waals surface area (Å²) >= 11 is 0. The van der Waals surface area contributed by atoms with Gasteiger partial charge in [-0.25, -0.2) is 0 Å². The first-order valence-electron chi connectivity index (χ1n) is 7.23. The Labute approximate surface area is 127 Å². The summed E-state index contributed by atoms with van der Waals surface area (Å²) < 4.78 is 0. The normalized spacial score (nSPS) is 21.9. The first-order valence-corrected chi connectivity index (χ1v) is 7.23. The van der Waals surface area contributed by atoms with Gasteiger partial charge in [-0.15, -0.1) is 12.4 Å². The van der Waals surface area contributed by atoms with E-state index < -0.39 is 0 Å². The van der Waals surface area contributed by atoms with E-state index in [2.05, 4.69) is 48.7 Å². The monoisotopic (exact) mass is 296 g/mol. The molecule has 3 nitrogen and oxygen atoms in total. The molecule has 0 aromatic heterocycles. The molecule has 112 valence electrons. The van der Waals surface area contributed by atoms with Crippen LogP contribution in [0.2, 0.25) is 0 Å². The van der Waals surface area contributed by atoms with E-state index in [0.717, 1.165) is 25.8 Å². The van der Waals surface area contributed by atoms with Gasteiger partial charge < -0.3 is 10.6 Å². The van der Waals surface area contributed by atoms with E-state index in [1.807, 2.05) is 0 Å². The van der Waals surface area contributed by atoms with Crippen LogP contribution in [0.5, 0.6) is 0 Å². The van der Waals surface area contributed by atoms with E-state index in [1.165, 1.54) is 11.1 Å². The quantitative estimate of drug-likeness (QED) is 0.897. The van der Waals surface area contributed by atoms with E-state index in [-0.39, 0.29) is 18.3 Å². The SMILES string of the molecule is Cc1cccc(CCC(=O)NC2CCCNC2C)c1.Cl. The number of benzene rings is 1. The van der Waals surface area contributed by atoms with Crippen LogP contribution >= 0.6 is 12.4 Å². The fourth-order valence-electron chi connectivity index (χ4n) is 2.65. The molecule has 2 atom stereocenters. The van der Waals surface area contributed by atoms with Gasteiger partial charge in [0.05, 0.1) is 0 Å². The maximum atomic E-state index is 12.0. The summed E-state index contributed by atoms with van der Waals surface area (Å²) in [5.41, 5.74) is 2.49. The summed E-state index contributed by atoms with van der Waals surface area (Å²) in [6.45, 7) is 5.29. The number of hydrogen-bond donors (Lipinski definition) is 2. The highest BCUT2D eigenvalue weighted by molar-refractivity contribution is 5.85. The molecule has 4 heteroatoms. The van der Waals surface area contributed by atoms with E-state index in [9.17, 15) is 4.79 Å². The van der Waals surface area contributed by atoms with Gasteiger partial charge in [-0.2, -0.15) is 0 Å². The number of hydrogen-bond acceptors (Lipinski definition) is 2. The van der Waals surface area contributed by atoms with Crippen molar-refractivity contribution in [3.8, 4) is 0 Å². The second-order valence-electron chi connectivity index (χ2n) is 5.55. The number of amides is 1. The smallest absolute Gasteiger partial charge is 0.220 e. The second kappa shape index (κ2) is 8.28. The zero-order chi connectivity index (χ0) is 13.7. The lowest BCUT2D eigenvalue weighted by molar-refractivity contribution is -0.122. The molecule has 0 aliphatic carbocycles. The van der Waals surface area contributed by atoms with Gasteiger partial charge in [0.2, 0.25) is 5.91 Å². The number of carbonyl (C=O) groups is 1. The highest BCUT2D eigenvalue weighted by Gasteiger charge is 2.21. The van der Waals surface area contributed by atoms with Gasteiger partial charge in [-0.05, 0) is 45.2 Å². The number of piperidine rings is 1. The lowest BCUT2D eigenvalue weighted by Crippen LogP contribution is -2.51. The first-order chi connectivity index (χ1) is 9.15. The van der Waals surface area contributed by atoms with E-state index in [0.29, 0.717) is 18.5 Å². The van der Waals surface area contributed by atoms with Gasteiger partial charge in [0, 0.05) is 18.5 Å². The molecule has 1 amide bonds. The number of halogens is 1. The van der Waals surface area contributed by atoms with Crippen LogP contribution in [0.15, 0.2) is 24.3 Å². The van der Waals surface area contributed by atoms with Gasteiger partial charge in [0.25, 0.3) is 0 Å². The third kappa shape index (κ3) is 5.14. The standard InChI is InChI=1S/C16H24N2O.ClH/c1-12-5-3-6-14(11-12)8-9-16(19)18-15-7-4-10-17-13(15)2;/h3,5-6,11,13,15,17H,4,7-10H2,1-2H3,(H,18,19);1H. The minimum absolute atomic E-state index is 0. The minimum atomic E-state index is 0. The van der Waals surface area contributed by atoms with Crippen molar-refractivity contribution in [3.63, 3.8) is 0 Å². The molecule has 1 saturated heterocycles. The summed E-state index contributed by atoms with van der Waals surface area (Å²) in [5, 5.41) is 6.56. The van der Waals surface area contributed by atoms with Crippen LogP contribution in [0.1, 0.15) is 37.3 Å². The summed E-state index contributed by atoms with van der Waals surface area (Å²) in [6.07, 6.45) is 3.63. The molecule has 2 N–H and O–H groups in total. The number of nitrogens with one attached hydrogen (secondary N) is 2. The van der Waals surface area contributed by atoms with Crippen LogP contribution in [-0.4, -0.2) is 24.5 Å². The Balaban J connectivity index is 0.00000200. The predicted octanol–water partition coefficient (Wildman–Crippen LogP) is 2.61. The molecule has 0 saturated carbocycles. The number of carbonyl (C=O) groups excluding carboxylic acids is 1.